The Morgan fingerprint density at radius 3 is 3.22 bits per heavy atom. The van der Waals surface area contributed by atoms with Crippen molar-refractivity contribution in [3.8, 4) is 6.07 Å². The predicted molar refractivity (Wildman–Crippen MR) is 37.1 cm³/mol. The van der Waals surface area contributed by atoms with Gasteiger partial charge in [0.05, 0.1) is 16.8 Å². The van der Waals surface area contributed by atoms with Crippen molar-refractivity contribution in [3.63, 3.8) is 0 Å². The summed E-state index contributed by atoms with van der Waals surface area (Å²) in [4.78, 5) is 2.98. The molecule has 0 saturated heterocycles. The van der Waals surface area contributed by atoms with Crippen molar-refractivity contribution in [1.82, 2.24) is 4.98 Å². The molecule has 1 heterocycles. The van der Waals surface area contributed by atoms with Gasteiger partial charge in [-0.05, 0) is 12.1 Å². The van der Waals surface area contributed by atoms with Crippen LogP contribution >= 0.6 is 11.8 Å². The molecule has 0 aromatic carbocycles. The number of H-pyrrole nitrogens is 1. The molecule has 0 saturated carbocycles. The number of nitriles is 1. The molecular formula is C6H6N2S. The first-order valence-corrected chi connectivity index (χ1v) is 3.55. The van der Waals surface area contributed by atoms with Crippen molar-refractivity contribution in [2.45, 2.75) is 5.03 Å². The molecule has 0 amide bonds. The van der Waals surface area contributed by atoms with Crippen LogP contribution in [0.2, 0.25) is 0 Å². The molecule has 0 aliphatic heterocycles. The molecule has 1 N–H and O–H groups in total. The summed E-state index contributed by atoms with van der Waals surface area (Å²) in [5, 5.41) is 9.23. The first-order chi connectivity index (χ1) is 4.43. The zero-order valence-corrected chi connectivity index (χ0v) is 5.61. The van der Waals surface area contributed by atoms with E-state index in [1.165, 1.54) is 11.8 Å². The molecule has 0 radical (unpaired) electrons. The van der Waals surface area contributed by atoms with Gasteiger partial charge in [0.2, 0.25) is 0 Å². The fourth-order valence-electron chi connectivity index (χ4n) is 0.514. The van der Waals surface area contributed by atoms with Crippen molar-refractivity contribution in [2.24, 2.45) is 0 Å². The smallest absolute Gasteiger partial charge is 0.0869 e. The summed E-state index contributed by atoms with van der Waals surface area (Å²) in [6.07, 6.45) is 1.85. The number of hydrogen-bond acceptors (Lipinski definition) is 2. The average molecular weight is 138 g/mol. The van der Waals surface area contributed by atoms with Crippen LogP contribution in [0.15, 0.2) is 23.4 Å². The van der Waals surface area contributed by atoms with Gasteiger partial charge < -0.3 is 4.98 Å². The number of aromatic nitrogens is 1. The van der Waals surface area contributed by atoms with E-state index < -0.39 is 0 Å². The highest BCUT2D eigenvalue weighted by Crippen LogP contribution is 2.12. The van der Waals surface area contributed by atoms with Crippen LogP contribution < -0.4 is 0 Å². The lowest BCUT2D eigenvalue weighted by molar-refractivity contribution is 1.21. The Bertz CT molecular complexity index is 197. The SMILES string of the molecule is N#CCSc1ccc[nH]1. The molecule has 0 atom stereocenters. The molecule has 0 aliphatic rings. The van der Waals surface area contributed by atoms with Gasteiger partial charge in [0.1, 0.15) is 0 Å². The monoisotopic (exact) mass is 138 g/mol. The first-order valence-electron chi connectivity index (χ1n) is 2.56. The fraction of sp³-hybridized carbons (Fsp3) is 0.167. The van der Waals surface area contributed by atoms with Crippen molar-refractivity contribution < 1.29 is 0 Å². The zero-order chi connectivity index (χ0) is 6.53. The van der Waals surface area contributed by atoms with Crippen molar-refractivity contribution in [1.29, 1.82) is 5.26 Å². The van der Waals surface area contributed by atoms with Gasteiger partial charge in [0, 0.05) is 6.20 Å². The van der Waals surface area contributed by atoms with Crippen molar-refractivity contribution in [2.75, 3.05) is 5.75 Å². The Morgan fingerprint density at radius 1 is 1.78 bits per heavy atom. The normalized spacial score (nSPS) is 8.78. The van der Waals surface area contributed by atoms with Gasteiger partial charge in [0.25, 0.3) is 0 Å². The van der Waals surface area contributed by atoms with Gasteiger partial charge in [-0.2, -0.15) is 5.26 Å². The Hall–Kier alpha value is -0.880. The van der Waals surface area contributed by atoms with Gasteiger partial charge in [-0.25, -0.2) is 0 Å². The molecule has 0 aliphatic carbocycles. The minimum Gasteiger partial charge on any atom is -0.356 e. The molecule has 3 heteroatoms. The van der Waals surface area contributed by atoms with Crippen LogP contribution in [0.4, 0.5) is 0 Å². The minimum atomic E-state index is 0.514. The van der Waals surface area contributed by atoms with E-state index in [1.54, 1.807) is 0 Å². The number of hydrogen-bond donors (Lipinski definition) is 1. The van der Waals surface area contributed by atoms with E-state index in [4.69, 9.17) is 5.26 Å². The van der Waals surface area contributed by atoms with E-state index in [9.17, 15) is 0 Å². The molecule has 1 rings (SSSR count). The van der Waals surface area contributed by atoms with Gasteiger partial charge in [0.15, 0.2) is 0 Å². The number of nitrogens with one attached hydrogen (secondary N) is 1. The average Bonchev–Trinajstić information content (AvgIpc) is 2.34. The molecule has 0 fully saturated rings. The molecule has 0 unspecified atom stereocenters. The predicted octanol–water partition coefficient (Wildman–Crippen LogP) is 1.63. The van der Waals surface area contributed by atoms with Crippen molar-refractivity contribution >= 4 is 11.8 Å². The van der Waals surface area contributed by atoms with E-state index in [1.807, 2.05) is 24.4 Å². The van der Waals surface area contributed by atoms with E-state index in [2.05, 4.69) is 4.98 Å². The summed E-state index contributed by atoms with van der Waals surface area (Å²) < 4.78 is 0. The highest BCUT2D eigenvalue weighted by atomic mass is 32.2. The summed E-state index contributed by atoms with van der Waals surface area (Å²) in [5.74, 6) is 0.514. The third kappa shape index (κ3) is 1.82. The largest absolute Gasteiger partial charge is 0.356 e. The van der Waals surface area contributed by atoms with Gasteiger partial charge >= 0.3 is 0 Å². The maximum absolute atomic E-state index is 8.18. The topological polar surface area (TPSA) is 39.6 Å². The Kier molecular flexibility index (Phi) is 2.22. The second-order valence-corrected chi connectivity index (χ2v) is 2.50. The van der Waals surface area contributed by atoms with E-state index in [0.717, 1.165) is 5.03 Å². The molecule has 0 bridgehead atoms. The summed E-state index contributed by atoms with van der Waals surface area (Å²) in [7, 11) is 0. The lowest BCUT2D eigenvalue weighted by Crippen LogP contribution is -1.70. The van der Waals surface area contributed by atoms with Crippen LogP contribution in [0.3, 0.4) is 0 Å². The zero-order valence-electron chi connectivity index (χ0n) is 4.79. The summed E-state index contributed by atoms with van der Waals surface area (Å²) in [6.45, 7) is 0. The van der Waals surface area contributed by atoms with Gasteiger partial charge in [-0.1, -0.05) is 11.8 Å². The van der Waals surface area contributed by atoms with Crippen LogP contribution in [0, 0.1) is 11.3 Å². The number of nitrogens with zero attached hydrogens (tertiary/aromatic N) is 1. The second-order valence-electron chi connectivity index (χ2n) is 1.48. The minimum absolute atomic E-state index is 0.514. The molecular weight excluding hydrogens is 132 g/mol. The summed E-state index contributed by atoms with van der Waals surface area (Å²) in [6, 6.07) is 5.91. The molecule has 46 valence electrons. The van der Waals surface area contributed by atoms with Crippen LogP contribution in [0.1, 0.15) is 0 Å². The van der Waals surface area contributed by atoms with E-state index in [-0.39, 0.29) is 0 Å². The molecule has 0 spiro atoms. The van der Waals surface area contributed by atoms with Crippen LogP contribution in [0.5, 0.6) is 0 Å². The summed E-state index contributed by atoms with van der Waals surface area (Å²) >= 11 is 1.51. The molecule has 9 heavy (non-hydrogen) atoms. The number of aromatic amines is 1. The number of rotatable bonds is 2. The van der Waals surface area contributed by atoms with E-state index >= 15 is 0 Å². The molecule has 2 nitrogen and oxygen atoms in total. The van der Waals surface area contributed by atoms with E-state index in [0.29, 0.717) is 5.75 Å². The van der Waals surface area contributed by atoms with Crippen LogP contribution in [-0.2, 0) is 0 Å². The lowest BCUT2D eigenvalue weighted by Gasteiger charge is -1.86. The second kappa shape index (κ2) is 3.21. The standard InChI is InChI=1S/C6H6N2S/c7-3-5-9-6-2-1-4-8-6/h1-2,4,8H,5H2. The Morgan fingerprint density at radius 2 is 2.67 bits per heavy atom. The molecule has 1 aromatic heterocycles. The van der Waals surface area contributed by atoms with Crippen molar-refractivity contribution in [3.05, 3.63) is 18.3 Å². The quantitative estimate of drug-likeness (QED) is 0.631. The third-order valence-corrected chi connectivity index (χ3v) is 1.70. The maximum Gasteiger partial charge on any atom is 0.0869 e. The lowest BCUT2D eigenvalue weighted by atomic mass is 10.7. The van der Waals surface area contributed by atoms with Gasteiger partial charge in [-0.3, -0.25) is 0 Å². The Labute approximate surface area is 57.9 Å². The number of thioether (sulfide) groups is 1. The third-order valence-electron chi connectivity index (χ3n) is 0.862. The maximum atomic E-state index is 8.18. The molecule has 1 aromatic rings. The summed E-state index contributed by atoms with van der Waals surface area (Å²) in [5.41, 5.74) is 0. The fourth-order valence-corrected chi connectivity index (χ4v) is 1.06. The van der Waals surface area contributed by atoms with Crippen LogP contribution in [-0.4, -0.2) is 10.7 Å². The highest BCUT2D eigenvalue weighted by molar-refractivity contribution is 7.99. The van der Waals surface area contributed by atoms with Gasteiger partial charge in [-0.15, -0.1) is 0 Å². The first kappa shape index (κ1) is 6.24. The highest BCUT2D eigenvalue weighted by Gasteiger charge is 1.88. The Balaban J connectivity index is 2.41. The van der Waals surface area contributed by atoms with Crippen LogP contribution in [0.25, 0.3) is 0 Å².